The van der Waals surface area contributed by atoms with E-state index in [1.54, 1.807) is 12.1 Å². The van der Waals surface area contributed by atoms with Crippen molar-refractivity contribution in [1.82, 2.24) is 14.1 Å². The second-order valence-corrected chi connectivity index (χ2v) is 9.52. The molecule has 0 N–H and O–H groups in total. The van der Waals surface area contributed by atoms with Gasteiger partial charge in [0, 0.05) is 43.9 Å². The number of fused-ring (bicyclic) bond motifs is 1. The van der Waals surface area contributed by atoms with Crippen LogP contribution in [0.3, 0.4) is 0 Å². The summed E-state index contributed by atoms with van der Waals surface area (Å²) >= 11 is 0. The summed E-state index contributed by atoms with van der Waals surface area (Å²) in [4.78, 5) is 0.171. The van der Waals surface area contributed by atoms with Crippen LogP contribution >= 0.6 is 0 Å². The molecule has 4 rings (SSSR count). The molecule has 0 amide bonds. The molecule has 0 saturated carbocycles. The Morgan fingerprint density at radius 2 is 1.75 bits per heavy atom. The fourth-order valence-electron chi connectivity index (χ4n) is 3.93. The summed E-state index contributed by atoms with van der Waals surface area (Å²) in [5, 5.41) is 4.60. The summed E-state index contributed by atoms with van der Waals surface area (Å²) in [5.41, 5.74) is 3.80. The van der Waals surface area contributed by atoms with Crippen molar-refractivity contribution >= 4 is 10.0 Å². The van der Waals surface area contributed by atoms with Gasteiger partial charge in [-0.25, -0.2) is 8.42 Å². The van der Waals surface area contributed by atoms with Crippen molar-refractivity contribution in [3.05, 3.63) is 71.0 Å². The molecule has 2 heterocycles. The van der Waals surface area contributed by atoms with E-state index in [0.717, 1.165) is 22.5 Å². The van der Waals surface area contributed by atoms with E-state index in [-0.39, 0.29) is 11.4 Å². The molecule has 0 saturated heterocycles. The maximum atomic E-state index is 13.4. The lowest BCUT2D eigenvalue weighted by Crippen LogP contribution is -2.36. The zero-order valence-electron chi connectivity index (χ0n) is 18.4. The number of aryl methyl sites for hydroxylation is 1. The van der Waals surface area contributed by atoms with Crippen LogP contribution in [0.2, 0.25) is 0 Å². The average Bonchev–Trinajstić information content (AvgIpc) is 3.14. The fraction of sp³-hybridized carbons (Fsp3) is 0.348. The average molecular weight is 458 g/mol. The first kappa shape index (κ1) is 22.3. The molecule has 0 unspecified atom stereocenters. The Balaban J connectivity index is 1.53. The van der Waals surface area contributed by atoms with Gasteiger partial charge in [0.05, 0.1) is 38.0 Å². The zero-order valence-corrected chi connectivity index (χ0v) is 19.3. The fourth-order valence-corrected chi connectivity index (χ4v) is 5.36. The predicted octanol–water partition coefficient (Wildman–Crippen LogP) is 2.90. The number of benzene rings is 2. The lowest BCUT2D eigenvalue weighted by Gasteiger charge is -2.27. The molecule has 9 heteroatoms. The second-order valence-electron chi connectivity index (χ2n) is 7.58. The first-order chi connectivity index (χ1) is 15.4. The SMILES string of the molecule is COc1ccc(S(=O)(=O)N2CCc3c(c(COCc4ccccc4)nn3C)C2)cc1OC. The highest BCUT2D eigenvalue weighted by molar-refractivity contribution is 7.89. The van der Waals surface area contributed by atoms with E-state index in [4.69, 9.17) is 14.2 Å². The van der Waals surface area contributed by atoms with E-state index in [2.05, 4.69) is 5.10 Å². The maximum Gasteiger partial charge on any atom is 0.243 e. The van der Waals surface area contributed by atoms with Crippen LogP contribution in [0.1, 0.15) is 22.5 Å². The van der Waals surface area contributed by atoms with E-state index in [1.165, 1.54) is 24.6 Å². The highest BCUT2D eigenvalue weighted by Crippen LogP contribution is 2.33. The highest BCUT2D eigenvalue weighted by atomic mass is 32.2. The van der Waals surface area contributed by atoms with E-state index < -0.39 is 10.0 Å². The number of nitrogens with zero attached hydrogens (tertiary/aromatic N) is 3. The largest absolute Gasteiger partial charge is 0.493 e. The number of methoxy groups -OCH3 is 2. The van der Waals surface area contributed by atoms with Crippen LogP contribution in [0.25, 0.3) is 0 Å². The monoisotopic (exact) mass is 457 g/mol. The number of ether oxygens (including phenoxy) is 3. The molecule has 0 aliphatic carbocycles. The van der Waals surface area contributed by atoms with Crippen LogP contribution in [-0.4, -0.2) is 43.3 Å². The van der Waals surface area contributed by atoms with Gasteiger partial charge in [0.15, 0.2) is 11.5 Å². The van der Waals surface area contributed by atoms with E-state index in [0.29, 0.717) is 37.7 Å². The summed E-state index contributed by atoms with van der Waals surface area (Å²) < 4.78 is 46.4. The summed E-state index contributed by atoms with van der Waals surface area (Å²) in [6.45, 7) is 1.43. The molecular formula is C23H27N3O5S. The minimum absolute atomic E-state index is 0.171. The van der Waals surface area contributed by atoms with E-state index >= 15 is 0 Å². The first-order valence-corrected chi connectivity index (χ1v) is 11.8. The Labute approximate surface area is 188 Å². The van der Waals surface area contributed by atoms with Gasteiger partial charge in [-0.1, -0.05) is 30.3 Å². The van der Waals surface area contributed by atoms with E-state index in [9.17, 15) is 8.42 Å². The summed E-state index contributed by atoms with van der Waals surface area (Å²) in [7, 11) is 1.17. The van der Waals surface area contributed by atoms with Gasteiger partial charge in [0.1, 0.15) is 0 Å². The van der Waals surface area contributed by atoms with Crippen molar-refractivity contribution in [3.8, 4) is 11.5 Å². The molecule has 2 aromatic carbocycles. The van der Waals surface area contributed by atoms with Gasteiger partial charge in [-0.15, -0.1) is 0 Å². The molecule has 0 radical (unpaired) electrons. The quantitative estimate of drug-likeness (QED) is 0.517. The molecule has 8 nitrogen and oxygen atoms in total. The molecule has 170 valence electrons. The number of rotatable bonds is 8. The van der Waals surface area contributed by atoms with Crippen molar-refractivity contribution in [2.75, 3.05) is 20.8 Å². The van der Waals surface area contributed by atoms with Crippen molar-refractivity contribution in [1.29, 1.82) is 0 Å². The molecule has 1 aliphatic heterocycles. The minimum atomic E-state index is -3.71. The normalized spacial score (nSPS) is 14.2. The van der Waals surface area contributed by atoms with Gasteiger partial charge in [0.2, 0.25) is 10.0 Å². The standard InChI is InChI=1S/C23H27N3O5S/c1-25-21-11-12-26(32(27,28)18-9-10-22(29-2)23(13-18)30-3)14-19(21)20(24-25)16-31-15-17-7-5-4-6-8-17/h4-10,13H,11-12,14-16H2,1-3H3. The van der Waals surface area contributed by atoms with Crippen LogP contribution in [0.5, 0.6) is 11.5 Å². The van der Waals surface area contributed by atoms with Crippen molar-refractivity contribution < 1.29 is 22.6 Å². The highest BCUT2D eigenvalue weighted by Gasteiger charge is 2.32. The molecule has 1 aliphatic rings. The molecule has 3 aromatic rings. The molecule has 0 spiro atoms. The first-order valence-electron chi connectivity index (χ1n) is 10.3. The van der Waals surface area contributed by atoms with Crippen LogP contribution in [0.15, 0.2) is 53.4 Å². The number of hydrogen-bond donors (Lipinski definition) is 0. The Bertz CT molecular complexity index is 1190. The predicted molar refractivity (Wildman–Crippen MR) is 119 cm³/mol. The van der Waals surface area contributed by atoms with Crippen LogP contribution in [0, 0.1) is 0 Å². The minimum Gasteiger partial charge on any atom is -0.493 e. The number of sulfonamides is 1. The van der Waals surface area contributed by atoms with Crippen molar-refractivity contribution in [2.24, 2.45) is 7.05 Å². The molecular weight excluding hydrogens is 430 g/mol. The number of hydrogen-bond acceptors (Lipinski definition) is 6. The Hall–Kier alpha value is -2.88. The lowest BCUT2D eigenvalue weighted by atomic mass is 10.1. The van der Waals surface area contributed by atoms with Crippen LogP contribution in [-0.2, 0) is 48.0 Å². The molecule has 0 bridgehead atoms. The Morgan fingerprint density at radius 3 is 2.47 bits per heavy atom. The third-order valence-corrected chi connectivity index (χ3v) is 7.47. The van der Waals surface area contributed by atoms with Crippen LogP contribution in [0.4, 0.5) is 0 Å². The van der Waals surface area contributed by atoms with Gasteiger partial charge in [-0.3, -0.25) is 4.68 Å². The molecule has 1 aromatic heterocycles. The van der Waals surface area contributed by atoms with Gasteiger partial charge in [-0.2, -0.15) is 9.40 Å². The van der Waals surface area contributed by atoms with Gasteiger partial charge < -0.3 is 14.2 Å². The smallest absolute Gasteiger partial charge is 0.243 e. The summed E-state index contributed by atoms with van der Waals surface area (Å²) in [6, 6.07) is 14.6. The molecule has 0 atom stereocenters. The maximum absolute atomic E-state index is 13.4. The number of aromatic nitrogens is 2. The third kappa shape index (κ3) is 4.36. The Morgan fingerprint density at radius 1 is 1.00 bits per heavy atom. The van der Waals surface area contributed by atoms with Crippen molar-refractivity contribution in [3.63, 3.8) is 0 Å². The molecule has 0 fully saturated rings. The van der Waals surface area contributed by atoms with Crippen LogP contribution < -0.4 is 9.47 Å². The molecule has 32 heavy (non-hydrogen) atoms. The summed E-state index contributed by atoms with van der Waals surface area (Å²) in [5.74, 6) is 0.861. The van der Waals surface area contributed by atoms with Gasteiger partial charge in [0.25, 0.3) is 0 Å². The van der Waals surface area contributed by atoms with Crippen molar-refractivity contribution in [2.45, 2.75) is 31.1 Å². The summed E-state index contributed by atoms with van der Waals surface area (Å²) in [6.07, 6.45) is 0.587. The van der Waals surface area contributed by atoms with Gasteiger partial charge in [-0.05, 0) is 17.7 Å². The lowest BCUT2D eigenvalue weighted by molar-refractivity contribution is 0.103. The Kier molecular flexibility index (Phi) is 6.50. The van der Waals surface area contributed by atoms with E-state index in [1.807, 2.05) is 42.1 Å². The topological polar surface area (TPSA) is 82.9 Å². The zero-order chi connectivity index (χ0) is 22.7. The third-order valence-electron chi connectivity index (χ3n) is 5.63. The van der Waals surface area contributed by atoms with Gasteiger partial charge >= 0.3 is 0 Å². The second kappa shape index (κ2) is 9.32.